The van der Waals surface area contributed by atoms with E-state index in [-0.39, 0.29) is 11.7 Å². The third-order valence-corrected chi connectivity index (χ3v) is 4.43. The van der Waals surface area contributed by atoms with Crippen LogP contribution in [0.3, 0.4) is 0 Å². The van der Waals surface area contributed by atoms with Gasteiger partial charge in [-0.2, -0.15) is 4.98 Å². The molecule has 0 aliphatic carbocycles. The Morgan fingerprint density at radius 3 is 2.64 bits per heavy atom. The van der Waals surface area contributed by atoms with E-state index < -0.39 is 0 Å². The molecule has 0 atom stereocenters. The van der Waals surface area contributed by atoms with E-state index in [1.165, 1.54) is 18.5 Å². The average molecular weight is 343 g/mol. The van der Waals surface area contributed by atoms with Crippen molar-refractivity contribution in [3.63, 3.8) is 0 Å². The fraction of sp³-hybridized carbons (Fsp3) is 0.500. The van der Waals surface area contributed by atoms with Crippen LogP contribution in [0.15, 0.2) is 28.8 Å². The Morgan fingerprint density at radius 1 is 1.16 bits per heavy atom. The standard InChI is InChI=1S/C18H25N5O2/c1-14-20-17(21-25-14)18(24)19-12-15-4-6-16(7-5-15)13-23-9-3-8-22(2)10-11-23/h4-7H,3,8-13H2,1-2H3,(H,19,24). The van der Waals surface area contributed by atoms with Gasteiger partial charge in [0.2, 0.25) is 5.89 Å². The van der Waals surface area contributed by atoms with Crippen LogP contribution in [0.4, 0.5) is 0 Å². The molecular formula is C18H25N5O2. The largest absolute Gasteiger partial charge is 0.345 e. The zero-order chi connectivity index (χ0) is 17.6. The van der Waals surface area contributed by atoms with Crippen LogP contribution in [0.25, 0.3) is 0 Å². The van der Waals surface area contributed by atoms with Gasteiger partial charge < -0.3 is 14.7 Å². The van der Waals surface area contributed by atoms with Crippen LogP contribution in [0.1, 0.15) is 34.1 Å². The van der Waals surface area contributed by atoms with Gasteiger partial charge in [-0.3, -0.25) is 9.69 Å². The SMILES string of the molecule is Cc1nc(C(=O)NCc2ccc(CN3CCCN(C)CC3)cc2)no1. The van der Waals surface area contributed by atoms with Gasteiger partial charge in [-0.05, 0) is 37.7 Å². The second-order valence-corrected chi connectivity index (χ2v) is 6.57. The van der Waals surface area contributed by atoms with Gasteiger partial charge >= 0.3 is 0 Å². The molecule has 1 fully saturated rings. The molecule has 25 heavy (non-hydrogen) atoms. The Morgan fingerprint density at radius 2 is 1.92 bits per heavy atom. The Balaban J connectivity index is 1.49. The van der Waals surface area contributed by atoms with Gasteiger partial charge in [0.05, 0.1) is 0 Å². The topological polar surface area (TPSA) is 74.5 Å². The fourth-order valence-electron chi connectivity index (χ4n) is 2.93. The van der Waals surface area contributed by atoms with Crippen molar-refractivity contribution >= 4 is 5.91 Å². The number of carbonyl (C=O) groups excluding carboxylic acids is 1. The lowest BCUT2D eigenvalue weighted by molar-refractivity contribution is 0.0937. The summed E-state index contributed by atoms with van der Waals surface area (Å²) in [6.45, 7) is 7.63. The fourth-order valence-corrected chi connectivity index (χ4v) is 2.93. The minimum atomic E-state index is -0.324. The second kappa shape index (κ2) is 8.22. The normalized spacial score (nSPS) is 16.6. The molecule has 1 aliphatic heterocycles. The number of aryl methyl sites for hydroxylation is 1. The number of hydrogen-bond acceptors (Lipinski definition) is 6. The van der Waals surface area contributed by atoms with Gasteiger partial charge in [0.15, 0.2) is 0 Å². The van der Waals surface area contributed by atoms with E-state index in [4.69, 9.17) is 4.52 Å². The van der Waals surface area contributed by atoms with Gasteiger partial charge in [0.25, 0.3) is 11.7 Å². The van der Waals surface area contributed by atoms with E-state index >= 15 is 0 Å². The molecule has 0 bridgehead atoms. The van der Waals surface area contributed by atoms with Gasteiger partial charge in [-0.25, -0.2) is 0 Å². The van der Waals surface area contributed by atoms with E-state index in [9.17, 15) is 4.79 Å². The maximum absolute atomic E-state index is 11.9. The highest BCUT2D eigenvalue weighted by Crippen LogP contribution is 2.10. The summed E-state index contributed by atoms with van der Waals surface area (Å²) in [4.78, 5) is 20.7. The summed E-state index contributed by atoms with van der Waals surface area (Å²) in [5, 5.41) is 6.42. The number of amides is 1. The summed E-state index contributed by atoms with van der Waals surface area (Å²) in [6.07, 6.45) is 1.22. The van der Waals surface area contributed by atoms with Crippen molar-refractivity contribution in [3.05, 3.63) is 47.1 Å². The first-order chi connectivity index (χ1) is 12.1. The monoisotopic (exact) mass is 343 g/mol. The number of nitrogens with one attached hydrogen (secondary N) is 1. The highest BCUT2D eigenvalue weighted by atomic mass is 16.5. The molecule has 0 unspecified atom stereocenters. The van der Waals surface area contributed by atoms with E-state index in [2.05, 4.69) is 56.6 Å². The summed E-state index contributed by atoms with van der Waals surface area (Å²) in [7, 11) is 2.18. The Hall–Kier alpha value is -2.25. The summed E-state index contributed by atoms with van der Waals surface area (Å²) >= 11 is 0. The van der Waals surface area contributed by atoms with Crippen molar-refractivity contribution in [2.24, 2.45) is 0 Å². The lowest BCUT2D eigenvalue weighted by Crippen LogP contribution is -2.28. The molecule has 134 valence electrons. The minimum Gasteiger partial charge on any atom is -0.345 e. The zero-order valence-electron chi connectivity index (χ0n) is 14.9. The van der Waals surface area contributed by atoms with Gasteiger partial charge in [0, 0.05) is 33.1 Å². The number of benzene rings is 1. The highest BCUT2D eigenvalue weighted by molar-refractivity contribution is 5.90. The zero-order valence-corrected chi connectivity index (χ0v) is 14.9. The molecule has 1 saturated heterocycles. The molecule has 7 heteroatoms. The number of carbonyl (C=O) groups is 1. The van der Waals surface area contributed by atoms with Crippen LogP contribution >= 0.6 is 0 Å². The van der Waals surface area contributed by atoms with E-state index in [0.717, 1.165) is 31.7 Å². The number of likely N-dealkylation sites (N-methyl/N-ethyl adjacent to an activating group) is 1. The molecule has 1 aliphatic rings. The summed E-state index contributed by atoms with van der Waals surface area (Å²) in [5.74, 6) is 0.129. The number of aromatic nitrogens is 2. The second-order valence-electron chi connectivity index (χ2n) is 6.57. The summed E-state index contributed by atoms with van der Waals surface area (Å²) in [6, 6.07) is 8.38. The first-order valence-corrected chi connectivity index (χ1v) is 8.67. The molecule has 7 nitrogen and oxygen atoms in total. The van der Waals surface area contributed by atoms with Crippen molar-refractivity contribution < 1.29 is 9.32 Å². The van der Waals surface area contributed by atoms with Crippen LogP contribution in [0.2, 0.25) is 0 Å². The first kappa shape index (κ1) is 17.6. The predicted octanol–water partition coefficient (Wildman–Crippen LogP) is 1.45. The average Bonchev–Trinajstić information content (AvgIpc) is 2.94. The van der Waals surface area contributed by atoms with E-state index in [0.29, 0.717) is 12.4 Å². The molecular weight excluding hydrogens is 318 g/mol. The third-order valence-electron chi connectivity index (χ3n) is 4.43. The van der Waals surface area contributed by atoms with Crippen LogP contribution in [0, 0.1) is 6.92 Å². The van der Waals surface area contributed by atoms with Crippen LogP contribution in [-0.2, 0) is 13.1 Å². The molecule has 3 rings (SSSR count). The van der Waals surface area contributed by atoms with Crippen molar-refractivity contribution in [1.29, 1.82) is 0 Å². The van der Waals surface area contributed by atoms with Crippen LogP contribution < -0.4 is 5.32 Å². The molecule has 1 amide bonds. The molecule has 2 aromatic rings. The maximum atomic E-state index is 11.9. The number of hydrogen-bond donors (Lipinski definition) is 1. The highest BCUT2D eigenvalue weighted by Gasteiger charge is 2.13. The summed E-state index contributed by atoms with van der Waals surface area (Å²) in [5.41, 5.74) is 2.35. The molecule has 1 aromatic carbocycles. The lowest BCUT2D eigenvalue weighted by atomic mass is 10.1. The summed E-state index contributed by atoms with van der Waals surface area (Å²) < 4.78 is 4.81. The Labute approximate surface area is 148 Å². The van der Waals surface area contributed by atoms with E-state index in [1.54, 1.807) is 6.92 Å². The Bertz CT molecular complexity index is 698. The van der Waals surface area contributed by atoms with Crippen molar-refractivity contribution in [3.8, 4) is 0 Å². The minimum absolute atomic E-state index is 0.0697. The molecule has 1 N–H and O–H groups in total. The van der Waals surface area contributed by atoms with Gasteiger partial charge in [-0.1, -0.05) is 29.4 Å². The molecule has 0 spiro atoms. The molecule has 1 aromatic heterocycles. The van der Waals surface area contributed by atoms with Crippen molar-refractivity contribution in [2.45, 2.75) is 26.4 Å². The van der Waals surface area contributed by atoms with Gasteiger partial charge in [0.1, 0.15) is 0 Å². The van der Waals surface area contributed by atoms with Gasteiger partial charge in [-0.15, -0.1) is 0 Å². The smallest absolute Gasteiger partial charge is 0.292 e. The predicted molar refractivity (Wildman–Crippen MR) is 94.0 cm³/mol. The maximum Gasteiger partial charge on any atom is 0.292 e. The third kappa shape index (κ3) is 5.11. The first-order valence-electron chi connectivity index (χ1n) is 8.67. The molecule has 2 heterocycles. The van der Waals surface area contributed by atoms with Crippen LogP contribution in [-0.4, -0.2) is 59.1 Å². The number of nitrogens with zero attached hydrogens (tertiary/aromatic N) is 4. The molecule has 0 saturated carbocycles. The number of rotatable bonds is 5. The molecule has 0 radical (unpaired) electrons. The van der Waals surface area contributed by atoms with E-state index in [1.807, 2.05) is 0 Å². The lowest BCUT2D eigenvalue weighted by Gasteiger charge is -2.20. The van der Waals surface area contributed by atoms with Crippen molar-refractivity contribution in [2.75, 3.05) is 33.2 Å². The Kier molecular flexibility index (Phi) is 5.78. The quantitative estimate of drug-likeness (QED) is 0.886. The van der Waals surface area contributed by atoms with Crippen LogP contribution in [0.5, 0.6) is 0 Å². The van der Waals surface area contributed by atoms with Crippen molar-refractivity contribution in [1.82, 2.24) is 25.3 Å².